The van der Waals surface area contributed by atoms with Gasteiger partial charge >= 0.3 is 6.61 Å². The number of alkyl halides is 2. The molecule has 8 heteroatoms. The second-order valence-corrected chi connectivity index (χ2v) is 6.27. The third-order valence-electron chi connectivity index (χ3n) is 3.70. The largest absolute Gasteiger partial charge is 0.496 e. The molecular formula is C19H16F2N2O3S. The molecule has 0 radical (unpaired) electrons. The van der Waals surface area contributed by atoms with Gasteiger partial charge in [0.25, 0.3) is 5.91 Å². The van der Waals surface area contributed by atoms with E-state index in [4.69, 9.17) is 4.74 Å². The lowest BCUT2D eigenvalue weighted by Gasteiger charge is -2.10. The lowest BCUT2D eigenvalue weighted by Crippen LogP contribution is -2.23. The van der Waals surface area contributed by atoms with Gasteiger partial charge in [0.2, 0.25) is 0 Å². The molecule has 2 aromatic carbocycles. The monoisotopic (exact) mass is 390 g/mol. The highest BCUT2D eigenvalue weighted by atomic mass is 32.1. The van der Waals surface area contributed by atoms with Crippen LogP contribution in [0.1, 0.15) is 16.1 Å². The summed E-state index contributed by atoms with van der Waals surface area (Å²) < 4.78 is 34.7. The summed E-state index contributed by atoms with van der Waals surface area (Å²) in [5, 5.41) is 4.96. The van der Waals surface area contributed by atoms with E-state index in [2.05, 4.69) is 15.0 Å². The Kier molecular flexibility index (Phi) is 5.97. The van der Waals surface area contributed by atoms with Crippen molar-refractivity contribution in [3.05, 3.63) is 65.2 Å². The molecule has 0 atom stereocenters. The maximum Gasteiger partial charge on any atom is 0.387 e. The first-order valence-electron chi connectivity index (χ1n) is 7.98. The van der Waals surface area contributed by atoms with Crippen LogP contribution in [0.25, 0.3) is 10.6 Å². The topological polar surface area (TPSA) is 60.5 Å². The van der Waals surface area contributed by atoms with Gasteiger partial charge in [-0.3, -0.25) is 4.79 Å². The predicted octanol–water partition coefficient (Wildman–Crippen LogP) is 4.35. The molecule has 0 bridgehead atoms. The van der Waals surface area contributed by atoms with Crippen LogP contribution in [0.5, 0.6) is 11.5 Å². The molecule has 140 valence electrons. The number of amides is 1. The number of halogens is 2. The van der Waals surface area contributed by atoms with Crippen LogP contribution in [0.15, 0.2) is 53.9 Å². The number of nitrogens with zero attached hydrogens (tertiary/aromatic N) is 1. The Morgan fingerprint density at radius 2 is 1.85 bits per heavy atom. The quantitative estimate of drug-likeness (QED) is 0.652. The molecule has 1 N–H and O–H groups in total. The molecule has 0 unspecified atom stereocenters. The molecule has 3 aromatic rings. The number of hydrogen-bond acceptors (Lipinski definition) is 5. The second-order valence-electron chi connectivity index (χ2n) is 5.41. The summed E-state index contributed by atoms with van der Waals surface area (Å²) in [5.74, 6) is 0.289. The SMILES string of the molecule is COc1ccccc1-c1nc(C(=O)NCc2ccccc2OC(F)F)cs1. The fourth-order valence-corrected chi connectivity index (χ4v) is 3.28. The van der Waals surface area contributed by atoms with Gasteiger partial charge in [-0.15, -0.1) is 11.3 Å². The number of methoxy groups -OCH3 is 1. The zero-order valence-corrected chi connectivity index (χ0v) is 15.1. The van der Waals surface area contributed by atoms with Crippen molar-refractivity contribution in [1.82, 2.24) is 10.3 Å². The van der Waals surface area contributed by atoms with Crippen LogP contribution >= 0.6 is 11.3 Å². The number of thiazole rings is 1. The zero-order chi connectivity index (χ0) is 19.2. The fraction of sp³-hybridized carbons (Fsp3) is 0.158. The first-order valence-corrected chi connectivity index (χ1v) is 8.86. The molecule has 1 heterocycles. The van der Waals surface area contributed by atoms with Gasteiger partial charge in [0.05, 0.1) is 12.7 Å². The number of para-hydroxylation sites is 2. The normalized spacial score (nSPS) is 10.7. The van der Waals surface area contributed by atoms with Gasteiger partial charge in [0.1, 0.15) is 22.2 Å². The first-order chi connectivity index (χ1) is 13.1. The van der Waals surface area contributed by atoms with E-state index in [0.717, 1.165) is 5.56 Å². The number of aromatic nitrogens is 1. The van der Waals surface area contributed by atoms with Crippen molar-refractivity contribution >= 4 is 17.2 Å². The number of carbonyl (C=O) groups excluding carboxylic acids is 1. The average molecular weight is 390 g/mol. The molecule has 5 nitrogen and oxygen atoms in total. The van der Waals surface area contributed by atoms with E-state index < -0.39 is 12.5 Å². The first kappa shape index (κ1) is 18.8. The van der Waals surface area contributed by atoms with E-state index in [9.17, 15) is 13.6 Å². The highest BCUT2D eigenvalue weighted by Crippen LogP contribution is 2.31. The standard InChI is InChI=1S/C19H16F2N2O3S/c1-25-16-9-5-3-7-13(16)18-23-14(11-27-18)17(24)22-10-12-6-2-4-8-15(12)26-19(20)21/h2-9,11,19H,10H2,1H3,(H,22,24). The van der Waals surface area contributed by atoms with Crippen LogP contribution in [-0.2, 0) is 6.54 Å². The Hall–Kier alpha value is -3.00. The van der Waals surface area contributed by atoms with Gasteiger partial charge in [-0.05, 0) is 18.2 Å². The van der Waals surface area contributed by atoms with Crippen molar-refractivity contribution in [2.24, 2.45) is 0 Å². The van der Waals surface area contributed by atoms with Crippen LogP contribution in [-0.4, -0.2) is 24.6 Å². The number of carbonyl (C=O) groups is 1. The molecule has 0 aliphatic carbocycles. The van der Waals surface area contributed by atoms with Crippen molar-refractivity contribution in [2.75, 3.05) is 7.11 Å². The van der Waals surface area contributed by atoms with Crippen molar-refractivity contribution < 1.29 is 23.0 Å². The Morgan fingerprint density at radius 1 is 1.15 bits per heavy atom. The van der Waals surface area contributed by atoms with Gasteiger partial charge in [0, 0.05) is 17.5 Å². The minimum absolute atomic E-state index is 0.0285. The lowest BCUT2D eigenvalue weighted by molar-refractivity contribution is -0.0504. The fourth-order valence-electron chi connectivity index (χ4n) is 2.45. The summed E-state index contributed by atoms with van der Waals surface area (Å²) in [6.45, 7) is -2.88. The van der Waals surface area contributed by atoms with Gasteiger partial charge in [-0.1, -0.05) is 30.3 Å². The van der Waals surface area contributed by atoms with Crippen LogP contribution in [0.3, 0.4) is 0 Å². The van der Waals surface area contributed by atoms with Gasteiger partial charge in [-0.2, -0.15) is 8.78 Å². The average Bonchev–Trinajstić information content (AvgIpc) is 3.16. The molecular weight excluding hydrogens is 374 g/mol. The number of hydrogen-bond donors (Lipinski definition) is 1. The molecule has 0 aliphatic rings. The van der Waals surface area contributed by atoms with Crippen LogP contribution in [0.4, 0.5) is 8.78 Å². The zero-order valence-electron chi connectivity index (χ0n) is 14.3. The molecule has 0 saturated carbocycles. The molecule has 0 fully saturated rings. The van der Waals surface area contributed by atoms with Gasteiger partial charge < -0.3 is 14.8 Å². The molecule has 0 saturated heterocycles. The minimum Gasteiger partial charge on any atom is -0.496 e. The molecule has 27 heavy (non-hydrogen) atoms. The van der Waals surface area contributed by atoms with Crippen molar-refractivity contribution in [3.8, 4) is 22.1 Å². The number of ether oxygens (including phenoxy) is 2. The van der Waals surface area contributed by atoms with Crippen molar-refractivity contribution in [3.63, 3.8) is 0 Å². The maximum absolute atomic E-state index is 12.5. The Bertz CT molecular complexity index is 931. The van der Waals surface area contributed by atoms with Crippen LogP contribution < -0.4 is 14.8 Å². The summed E-state index contributed by atoms with van der Waals surface area (Å²) >= 11 is 1.32. The summed E-state index contributed by atoms with van der Waals surface area (Å²) in [5.41, 5.74) is 1.49. The summed E-state index contributed by atoms with van der Waals surface area (Å²) in [6, 6.07) is 13.7. The molecule has 0 aliphatic heterocycles. The minimum atomic E-state index is -2.93. The number of benzene rings is 2. The lowest BCUT2D eigenvalue weighted by atomic mass is 10.2. The Labute approximate surface area is 158 Å². The summed E-state index contributed by atoms with van der Waals surface area (Å²) in [4.78, 5) is 16.7. The third-order valence-corrected chi connectivity index (χ3v) is 4.58. The second kappa shape index (κ2) is 8.59. The highest BCUT2D eigenvalue weighted by molar-refractivity contribution is 7.13. The summed E-state index contributed by atoms with van der Waals surface area (Å²) in [7, 11) is 1.57. The molecule has 3 rings (SSSR count). The maximum atomic E-state index is 12.5. The van der Waals surface area contributed by atoms with Gasteiger partial charge in [0.15, 0.2) is 0 Å². The molecule has 1 amide bonds. The van der Waals surface area contributed by atoms with E-state index in [1.165, 1.54) is 17.4 Å². The van der Waals surface area contributed by atoms with Crippen LogP contribution in [0, 0.1) is 0 Å². The molecule has 0 spiro atoms. The van der Waals surface area contributed by atoms with E-state index in [0.29, 0.717) is 16.3 Å². The number of rotatable bonds is 7. The third kappa shape index (κ3) is 4.59. The van der Waals surface area contributed by atoms with E-state index in [1.54, 1.807) is 30.7 Å². The van der Waals surface area contributed by atoms with Crippen LogP contribution in [0.2, 0.25) is 0 Å². The van der Waals surface area contributed by atoms with Crippen molar-refractivity contribution in [1.29, 1.82) is 0 Å². The smallest absolute Gasteiger partial charge is 0.387 e. The Balaban J connectivity index is 1.71. The van der Waals surface area contributed by atoms with E-state index in [-0.39, 0.29) is 18.0 Å². The van der Waals surface area contributed by atoms with Gasteiger partial charge in [-0.25, -0.2) is 4.98 Å². The van der Waals surface area contributed by atoms with E-state index in [1.807, 2.05) is 24.3 Å². The van der Waals surface area contributed by atoms with Crippen molar-refractivity contribution in [2.45, 2.75) is 13.2 Å². The molecule has 1 aromatic heterocycles. The van der Waals surface area contributed by atoms with E-state index >= 15 is 0 Å². The summed E-state index contributed by atoms with van der Waals surface area (Å²) in [6.07, 6.45) is 0. The highest BCUT2D eigenvalue weighted by Gasteiger charge is 2.15. The number of nitrogens with one attached hydrogen (secondary N) is 1. The predicted molar refractivity (Wildman–Crippen MR) is 98.3 cm³/mol. The Morgan fingerprint density at radius 3 is 2.59 bits per heavy atom.